The van der Waals surface area contributed by atoms with Gasteiger partial charge >= 0.3 is 0 Å². The van der Waals surface area contributed by atoms with Gasteiger partial charge in [-0.1, -0.05) is 13.3 Å². The molecule has 198 valence electrons. The third-order valence-electron chi connectivity index (χ3n) is 7.40. The highest BCUT2D eigenvalue weighted by atomic mass is 16.5. The van der Waals surface area contributed by atoms with Crippen LogP contribution in [0.2, 0.25) is 0 Å². The molecule has 0 radical (unpaired) electrons. The van der Waals surface area contributed by atoms with E-state index in [1.54, 1.807) is 20.2 Å². The SMILES string of the molecule is CCCCOc1ccc(N(C)C)c2c1C(O)=C1C(=O)C3(O)C(=O)C(C(C)=O)=C(O)C(N(C)C)=C3CC1C2. The van der Waals surface area contributed by atoms with Crippen molar-refractivity contribution in [2.75, 3.05) is 39.7 Å². The third-order valence-corrected chi connectivity index (χ3v) is 7.40. The largest absolute Gasteiger partial charge is 0.507 e. The zero-order valence-corrected chi connectivity index (χ0v) is 22.1. The van der Waals surface area contributed by atoms with Gasteiger partial charge in [0.1, 0.15) is 17.1 Å². The molecule has 3 aliphatic carbocycles. The molecule has 4 rings (SSSR count). The number of rotatable bonds is 7. The molecule has 2 atom stereocenters. The molecule has 0 amide bonds. The van der Waals surface area contributed by atoms with Gasteiger partial charge < -0.3 is 29.9 Å². The predicted molar refractivity (Wildman–Crippen MR) is 139 cm³/mol. The number of fused-ring (bicyclic) bond motifs is 3. The van der Waals surface area contributed by atoms with Gasteiger partial charge in [0.2, 0.25) is 17.2 Å². The first-order chi connectivity index (χ1) is 17.4. The number of aliphatic hydroxyl groups is 3. The first-order valence-electron chi connectivity index (χ1n) is 12.4. The number of ketones is 3. The van der Waals surface area contributed by atoms with E-state index in [0.29, 0.717) is 24.3 Å². The number of aliphatic hydroxyl groups excluding tert-OH is 2. The fourth-order valence-corrected chi connectivity index (χ4v) is 5.68. The Morgan fingerprint density at radius 2 is 1.73 bits per heavy atom. The van der Waals surface area contributed by atoms with Crippen molar-refractivity contribution in [1.82, 2.24) is 4.90 Å². The van der Waals surface area contributed by atoms with Gasteiger partial charge in [0.15, 0.2) is 11.5 Å². The summed E-state index contributed by atoms with van der Waals surface area (Å²) in [6.45, 7) is 3.56. The maximum Gasteiger partial charge on any atom is 0.215 e. The fourth-order valence-electron chi connectivity index (χ4n) is 5.68. The van der Waals surface area contributed by atoms with Crippen LogP contribution >= 0.6 is 0 Å². The Kier molecular flexibility index (Phi) is 6.71. The van der Waals surface area contributed by atoms with Crippen LogP contribution in [-0.2, 0) is 20.8 Å². The predicted octanol–water partition coefficient (Wildman–Crippen LogP) is 2.88. The van der Waals surface area contributed by atoms with E-state index >= 15 is 0 Å². The van der Waals surface area contributed by atoms with Crippen LogP contribution in [0.4, 0.5) is 5.69 Å². The molecule has 9 nitrogen and oxygen atoms in total. The van der Waals surface area contributed by atoms with Crippen LogP contribution in [0.3, 0.4) is 0 Å². The normalized spacial score (nSPS) is 23.1. The zero-order valence-electron chi connectivity index (χ0n) is 22.1. The van der Waals surface area contributed by atoms with Gasteiger partial charge in [-0.15, -0.1) is 0 Å². The maximum atomic E-state index is 14.0. The quantitative estimate of drug-likeness (QED) is 0.288. The molecule has 3 aliphatic rings. The van der Waals surface area contributed by atoms with Crippen LogP contribution < -0.4 is 9.64 Å². The molecule has 0 aromatic heterocycles. The molecule has 37 heavy (non-hydrogen) atoms. The number of carbonyl (C=O) groups excluding carboxylic acids is 3. The number of anilines is 1. The number of ether oxygens (including phenoxy) is 1. The van der Waals surface area contributed by atoms with E-state index in [-0.39, 0.29) is 29.0 Å². The topological polar surface area (TPSA) is 128 Å². The molecule has 2 unspecified atom stereocenters. The van der Waals surface area contributed by atoms with E-state index in [1.165, 1.54) is 4.90 Å². The number of carbonyl (C=O) groups is 3. The highest BCUT2D eigenvalue weighted by Crippen LogP contribution is 2.52. The molecule has 1 saturated carbocycles. The van der Waals surface area contributed by atoms with Crippen LogP contribution in [0, 0.1) is 5.92 Å². The second-order valence-corrected chi connectivity index (χ2v) is 10.3. The Morgan fingerprint density at radius 3 is 2.30 bits per heavy atom. The van der Waals surface area contributed by atoms with Gasteiger partial charge in [-0.25, -0.2) is 0 Å². The molecular formula is C28H34N2O7. The van der Waals surface area contributed by atoms with Crippen LogP contribution in [0.25, 0.3) is 5.76 Å². The highest BCUT2D eigenvalue weighted by Gasteiger charge is 2.60. The van der Waals surface area contributed by atoms with Crippen molar-refractivity contribution in [1.29, 1.82) is 0 Å². The first-order valence-corrected chi connectivity index (χ1v) is 12.4. The summed E-state index contributed by atoms with van der Waals surface area (Å²) in [5, 5.41) is 34.1. The first kappa shape index (κ1) is 26.5. The summed E-state index contributed by atoms with van der Waals surface area (Å²) < 4.78 is 5.97. The van der Waals surface area contributed by atoms with Crippen LogP contribution in [-0.4, -0.2) is 78.0 Å². The van der Waals surface area contributed by atoms with E-state index in [2.05, 4.69) is 0 Å². The molecule has 1 fully saturated rings. The molecule has 9 heteroatoms. The Bertz CT molecular complexity index is 1300. The highest BCUT2D eigenvalue weighted by molar-refractivity contribution is 6.35. The van der Waals surface area contributed by atoms with Gasteiger partial charge in [-0.05, 0) is 49.8 Å². The van der Waals surface area contributed by atoms with Crippen LogP contribution in [0.5, 0.6) is 5.75 Å². The smallest absolute Gasteiger partial charge is 0.215 e. The Morgan fingerprint density at radius 1 is 1.05 bits per heavy atom. The Labute approximate surface area is 216 Å². The Hall–Kier alpha value is -3.59. The molecule has 1 aromatic carbocycles. The molecule has 1 aromatic rings. The average Bonchev–Trinajstić information content (AvgIpc) is 2.81. The van der Waals surface area contributed by atoms with E-state index < -0.39 is 40.2 Å². The van der Waals surface area contributed by atoms with Gasteiger partial charge in [0.25, 0.3) is 0 Å². The minimum Gasteiger partial charge on any atom is -0.507 e. The monoisotopic (exact) mass is 510 g/mol. The standard InChI is InChI=1S/C28H34N2O7/c1-7-8-11-37-19-10-9-18(29(3)4)16-12-15-13-17-23(30(5)6)25(33)20(14(2)31)26(34)28(17,36)27(35)21(15)24(32)22(16)19/h9-10,15,32-33,36H,7-8,11-13H2,1-6H3. The van der Waals surface area contributed by atoms with Crippen LogP contribution in [0.1, 0.15) is 44.2 Å². The van der Waals surface area contributed by atoms with E-state index in [0.717, 1.165) is 31.0 Å². The lowest BCUT2D eigenvalue weighted by atomic mass is 9.61. The molecule has 0 bridgehead atoms. The number of hydrogen-bond donors (Lipinski definition) is 3. The number of likely N-dealkylation sites (N-methyl/N-ethyl adjacent to an activating group) is 1. The molecule has 0 aliphatic heterocycles. The van der Waals surface area contributed by atoms with Gasteiger partial charge in [0, 0.05) is 45.0 Å². The molecule has 0 spiro atoms. The van der Waals surface area contributed by atoms with E-state index in [1.807, 2.05) is 32.0 Å². The third kappa shape index (κ3) is 3.83. The Balaban J connectivity index is 1.97. The molecular weight excluding hydrogens is 476 g/mol. The maximum absolute atomic E-state index is 14.0. The second-order valence-electron chi connectivity index (χ2n) is 10.3. The fraction of sp³-hybridized carbons (Fsp3) is 0.464. The van der Waals surface area contributed by atoms with Crippen LogP contribution in [0.15, 0.2) is 40.3 Å². The zero-order chi connectivity index (χ0) is 27.4. The number of hydrogen-bond acceptors (Lipinski definition) is 9. The molecule has 0 heterocycles. The summed E-state index contributed by atoms with van der Waals surface area (Å²) in [6.07, 6.45) is 2.10. The van der Waals surface area contributed by atoms with Crippen molar-refractivity contribution in [3.05, 3.63) is 51.4 Å². The van der Waals surface area contributed by atoms with Gasteiger partial charge in [-0.2, -0.15) is 0 Å². The second kappa shape index (κ2) is 9.37. The van der Waals surface area contributed by atoms with Crippen molar-refractivity contribution in [3.63, 3.8) is 0 Å². The summed E-state index contributed by atoms with van der Waals surface area (Å²) in [6, 6.07) is 3.65. The lowest BCUT2D eigenvalue weighted by Gasteiger charge is -2.44. The summed E-state index contributed by atoms with van der Waals surface area (Å²) in [5.41, 5.74) is -1.29. The van der Waals surface area contributed by atoms with Gasteiger partial charge in [-0.3, -0.25) is 14.4 Å². The number of nitrogens with zero attached hydrogens (tertiary/aromatic N) is 2. The summed E-state index contributed by atoms with van der Waals surface area (Å²) >= 11 is 0. The number of Topliss-reactive ketones (excluding diaryl/α,β-unsaturated/α-hetero) is 3. The van der Waals surface area contributed by atoms with Crippen molar-refractivity contribution in [2.24, 2.45) is 5.92 Å². The average molecular weight is 511 g/mol. The summed E-state index contributed by atoms with van der Waals surface area (Å²) in [7, 11) is 6.96. The van der Waals surface area contributed by atoms with Crippen molar-refractivity contribution in [3.8, 4) is 5.75 Å². The lowest BCUT2D eigenvalue weighted by molar-refractivity contribution is -0.145. The van der Waals surface area contributed by atoms with E-state index in [4.69, 9.17) is 4.74 Å². The summed E-state index contributed by atoms with van der Waals surface area (Å²) in [5.74, 6) is -3.94. The van der Waals surface area contributed by atoms with Crippen molar-refractivity contribution >= 4 is 28.8 Å². The van der Waals surface area contributed by atoms with E-state index in [9.17, 15) is 29.7 Å². The van der Waals surface area contributed by atoms with Crippen molar-refractivity contribution in [2.45, 2.75) is 45.1 Å². The number of unbranched alkanes of at least 4 members (excludes halogenated alkanes) is 1. The van der Waals surface area contributed by atoms with Crippen molar-refractivity contribution < 1.29 is 34.4 Å². The minimum absolute atomic E-state index is 0.0294. The minimum atomic E-state index is -2.70. The van der Waals surface area contributed by atoms with Gasteiger partial charge in [0.05, 0.1) is 17.9 Å². The lowest BCUT2D eigenvalue weighted by Crippen LogP contribution is -2.58. The number of benzene rings is 1. The molecule has 0 saturated heterocycles. The molecule has 3 N–H and O–H groups in total. The summed E-state index contributed by atoms with van der Waals surface area (Å²) in [4.78, 5) is 43.1.